The summed E-state index contributed by atoms with van der Waals surface area (Å²) in [5.41, 5.74) is 4.85. The van der Waals surface area contributed by atoms with Crippen LogP contribution in [-0.4, -0.2) is 21.9 Å². The molecular weight excluding hydrogens is 344 g/mol. The molecule has 1 heterocycles. The Morgan fingerprint density at radius 2 is 1.82 bits per heavy atom. The Morgan fingerprint density at radius 3 is 2.57 bits per heavy atom. The standard InChI is InChI=1S/C25H28N2O/c1-3-16-27(25(28)15-14-22-10-5-4-6-11-22)20-24-13-8-17-26(24)19-23-12-7-9-21(2)18-23/h3-13,17-18H,1,14-16,19-20H2,2H3. The summed E-state index contributed by atoms with van der Waals surface area (Å²) in [6, 6.07) is 22.8. The van der Waals surface area contributed by atoms with E-state index in [1.165, 1.54) is 16.7 Å². The third-order valence-electron chi connectivity index (χ3n) is 4.88. The Kier molecular flexibility index (Phi) is 6.85. The smallest absolute Gasteiger partial charge is 0.223 e. The summed E-state index contributed by atoms with van der Waals surface area (Å²) in [6.07, 6.45) is 5.15. The van der Waals surface area contributed by atoms with Crippen LogP contribution in [0.4, 0.5) is 0 Å². The zero-order valence-electron chi connectivity index (χ0n) is 16.6. The van der Waals surface area contributed by atoms with Crippen LogP contribution >= 0.6 is 0 Å². The summed E-state index contributed by atoms with van der Waals surface area (Å²) in [7, 11) is 0. The number of benzene rings is 2. The Hall–Kier alpha value is -3.07. The SMILES string of the molecule is C=CCN(Cc1cccn1Cc1cccc(C)c1)C(=O)CCc1ccccc1. The summed E-state index contributed by atoms with van der Waals surface area (Å²) < 4.78 is 2.22. The third kappa shape index (κ3) is 5.46. The van der Waals surface area contributed by atoms with E-state index < -0.39 is 0 Å². The van der Waals surface area contributed by atoms with Gasteiger partial charge in [-0.3, -0.25) is 4.79 Å². The molecule has 3 nitrogen and oxygen atoms in total. The van der Waals surface area contributed by atoms with Gasteiger partial charge in [-0.05, 0) is 36.6 Å². The highest BCUT2D eigenvalue weighted by atomic mass is 16.2. The predicted octanol–water partition coefficient (Wildman–Crippen LogP) is 4.99. The lowest BCUT2D eigenvalue weighted by atomic mass is 10.1. The largest absolute Gasteiger partial charge is 0.345 e. The fourth-order valence-electron chi connectivity index (χ4n) is 3.41. The molecule has 0 unspecified atom stereocenters. The van der Waals surface area contributed by atoms with Crippen LogP contribution in [0, 0.1) is 6.92 Å². The summed E-state index contributed by atoms with van der Waals surface area (Å²) in [5, 5.41) is 0. The van der Waals surface area contributed by atoms with Gasteiger partial charge in [0, 0.05) is 31.4 Å². The molecule has 0 radical (unpaired) electrons. The van der Waals surface area contributed by atoms with Crippen LogP contribution in [0.25, 0.3) is 0 Å². The Bertz CT molecular complexity index is 911. The molecule has 0 spiro atoms. The second-order valence-corrected chi connectivity index (χ2v) is 7.17. The first-order valence-corrected chi connectivity index (χ1v) is 9.78. The van der Waals surface area contributed by atoms with E-state index in [0.717, 1.165) is 18.7 Å². The topological polar surface area (TPSA) is 25.2 Å². The fourth-order valence-corrected chi connectivity index (χ4v) is 3.41. The zero-order valence-corrected chi connectivity index (χ0v) is 16.6. The lowest BCUT2D eigenvalue weighted by molar-refractivity contribution is -0.131. The number of aryl methyl sites for hydroxylation is 2. The van der Waals surface area contributed by atoms with E-state index >= 15 is 0 Å². The van der Waals surface area contributed by atoms with Gasteiger partial charge in [0.15, 0.2) is 0 Å². The van der Waals surface area contributed by atoms with Gasteiger partial charge in [-0.1, -0.05) is 66.2 Å². The Labute approximate surface area is 167 Å². The van der Waals surface area contributed by atoms with Crippen LogP contribution in [0.5, 0.6) is 0 Å². The minimum atomic E-state index is 0.159. The second kappa shape index (κ2) is 9.75. The number of rotatable bonds is 9. The van der Waals surface area contributed by atoms with Crippen molar-refractivity contribution >= 4 is 5.91 Å². The number of aromatic nitrogens is 1. The van der Waals surface area contributed by atoms with Gasteiger partial charge >= 0.3 is 0 Å². The molecule has 0 aliphatic rings. The predicted molar refractivity (Wildman–Crippen MR) is 115 cm³/mol. The minimum Gasteiger partial charge on any atom is -0.345 e. The van der Waals surface area contributed by atoms with Crippen molar-refractivity contribution < 1.29 is 4.79 Å². The maximum Gasteiger partial charge on any atom is 0.223 e. The van der Waals surface area contributed by atoms with Crippen molar-refractivity contribution in [2.24, 2.45) is 0 Å². The van der Waals surface area contributed by atoms with Crippen molar-refractivity contribution in [3.63, 3.8) is 0 Å². The molecule has 3 rings (SSSR count). The van der Waals surface area contributed by atoms with Gasteiger partial charge in [0.05, 0.1) is 6.54 Å². The van der Waals surface area contributed by atoms with Gasteiger partial charge in [0.25, 0.3) is 0 Å². The molecule has 1 aromatic heterocycles. The van der Waals surface area contributed by atoms with Crippen molar-refractivity contribution in [2.45, 2.75) is 32.9 Å². The van der Waals surface area contributed by atoms with Crippen LogP contribution in [0.2, 0.25) is 0 Å². The molecule has 0 atom stereocenters. The van der Waals surface area contributed by atoms with Crippen molar-refractivity contribution in [1.82, 2.24) is 9.47 Å². The molecule has 0 N–H and O–H groups in total. The van der Waals surface area contributed by atoms with Crippen molar-refractivity contribution in [2.75, 3.05) is 6.54 Å². The van der Waals surface area contributed by atoms with E-state index in [-0.39, 0.29) is 5.91 Å². The molecule has 0 saturated carbocycles. The average molecular weight is 373 g/mol. The van der Waals surface area contributed by atoms with Crippen molar-refractivity contribution in [1.29, 1.82) is 0 Å². The first-order chi connectivity index (χ1) is 13.7. The second-order valence-electron chi connectivity index (χ2n) is 7.17. The summed E-state index contributed by atoms with van der Waals surface area (Å²) >= 11 is 0. The molecule has 3 heteroatoms. The molecule has 1 amide bonds. The third-order valence-corrected chi connectivity index (χ3v) is 4.88. The Morgan fingerprint density at radius 1 is 1.04 bits per heavy atom. The van der Waals surface area contributed by atoms with Crippen LogP contribution < -0.4 is 0 Å². The highest BCUT2D eigenvalue weighted by molar-refractivity contribution is 5.76. The van der Waals surface area contributed by atoms with Crippen LogP contribution in [0.1, 0.15) is 28.8 Å². The highest BCUT2D eigenvalue weighted by Crippen LogP contribution is 2.13. The zero-order chi connectivity index (χ0) is 19.8. The van der Waals surface area contributed by atoms with E-state index in [0.29, 0.717) is 19.5 Å². The molecule has 0 bridgehead atoms. The number of hydrogen-bond donors (Lipinski definition) is 0. The fraction of sp³-hybridized carbons (Fsp3) is 0.240. The number of amides is 1. The van der Waals surface area contributed by atoms with E-state index in [2.05, 4.69) is 66.7 Å². The summed E-state index contributed by atoms with van der Waals surface area (Å²) in [4.78, 5) is 14.7. The number of carbonyl (C=O) groups is 1. The van der Waals surface area contributed by atoms with Gasteiger partial charge in [-0.2, -0.15) is 0 Å². The molecule has 0 fully saturated rings. The van der Waals surface area contributed by atoms with E-state index in [4.69, 9.17) is 0 Å². The quantitative estimate of drug-likeness (QED) is 0.486. The number of hydrogen-bond acceptors (Lipinski definition) is 1. The first kappa shape index (κ1) is 19.7. The Balaban J connectivity index is 1.66. The van der Waals surface area contributed by atoms with Gasteiger partial charge in [-0.25, -0.2) is 0 Å². The molecular formula is C25H28N2O. The van der Waals surface area contributed by atoms with E-state index in [1.54, 1.807) is 6.08 Å². The molecule has 0 aliphatic carbocycles. The lowest BCUT2D eigenvalue weighted by Crippen LogP contribution is -2.31. The monoisotopic (exact) mass is 372 g/mol. The van der Waals surface area contributed by atoms with Crippen LogP contribution in [0.3, 0.4) is 0 Å². The maximum absolute atomic E-state index is 12.8. The number of carbonyl (C=O) groups excluding carboxylic acids is 1. The van der Waals surface area contributed by atoms with Crippen molar-refractivity contribution in [3.05, 3.63) is 108 Å². The molecule has 2 aromatic carbocycles. The van der Waals surface area contributed by atoms with Gasteiger partial charge in [0.2, 0.25) is 5.91 Å². The summed E-state index contributed by atoms with van der Waals surface area (Å²) in [5.74, 6) is 0.159. The van der Waals surface area contributed by atoms with Crippen molar-refractivity contribution in [3.8, 4) is 0 Å². The summed E-state index contributed by atoms with van der Waals surface area (Å²) in [6.45, 7) is 7.90. The molecule has 3 aromatic rings. The molecule has 0 aliphatic heterocycles. The maximum atomic E-state index is 12.8. The van der Waals surface area contributed by atoms with Gasteiger partial charge in [0.1, 0.15) is 0 Å². The minimum absolute atomic E-state index is 0.159. The molecule has 0 saturated heterocycles. The van der Waals surface area contributed by atoms with E-state index in [1.807, 2.05) is 29.2 Å². The van der Waals surface area contributed by atoms with Gasteiger partial charge < -0.3 is 9.47 Å². The van der Waals surface area contributed by atoms with Crippen LogP contribution in [0.15, 0.2) is 85.6 Å². The molecule has 28 heavy (non-hydrogen) atoms. The molecule has 144 valence electrons. The normalized spacial score (nSPS) is 10.6. The lowest BCUT2D eigenvalue weighted by Gasteiger charge is -2.22. The van der Waals surface area contributed by atoms with Crippen LogP contribution in [-0.2, 0) is 24.3 Å². The van der Waals surface area contributed by atoms with E-state index in [9.17, 15) is 4.79 Å². The number of nitrogens with zero attached hydrogens (tertiary/aromatic N) is 2. The van der Waals surface area contributed by atoms with Gasteiger partial charge in [-0.15, -0.1) is 6.58 Å². The highest BCUT2D eigenvalue weighted by Gasteiger charge is 2.15. The first-order valence-electron chi connectivity index (χ1n) is 9.78. The average Bonchev–Trinajstić information content (AvgIpc) is 3.13.